The highest BCUT2D eigenvalue weighted by Gasteiger charge is 2.18. The van der Waals surface area contributed by atoms with E-state index in [1.807, 2.05) is 55.5 Å². The Morgan fingerprint density at radius 2 is 1.84 bits per heavy atom. The monoisotopic (exact) mass is 435 g/mol. The number of anilines is 1. The first kappa shape index (κ1) is 20.9. The van der Waals surface area contributed by atoms with E-state index in [0.717, 1.165) is 44.6 Å². The molecule has 4 rings (SSSR count). The van der Waals surface area contributed by atoms with Crippen LogP contribution in [0.25, 0.3) is 21.1 Å². The number of amides is 1. The van der Waals surface area contributed by atoms with Gasteiger partial charge in [-0.2, -0.15) is 0 Å². The highest BCUT2D eigenvalue weighted by atomic mass is 32.1. The van der Waals surface area contributed by atoms with Crippen molar-refractivity contribution in [1.29, 1.82) is 0 Å². The van der Waals surface area contributed by atoms with E-state index in [0.29, 0.717) is 30.3 Å². The molecule has 0 fully saturated rings. The number of nitrogens with two attached hydrogens (primary N) is 1. The van der Waals surface area contributed by atoms with Crippen LogP contribution in [0.4, 0.5) is 5.69 Å². The van der Waals surface area contributed by atoms with Gasteiger partial charge in [0.1, 0.15) is 21.2 Å². The van der Waals surface area contributed by atoms with Gasteiger partial charge in [-0.3, -0.25) is 4.79 Å². The molecule has 31 heavy (non-hydrogen) atoms. The van der Waals surface area contributed by atoms with Gasteiger partial charge in [-0.05, 0) is 49.2 Å². The third-order valence-electron chi connectivity index (χ3n) is 4.85. The number of thiophene rings is 1. The van der Waals surface area contributed by atoms with Crippen molar-refractivity contribution in [3.05, 3.63) is 59.0 Å². The minimum atomic E-state index is -0.203. The van der Waals surface area contributed by atoms with Crippen molar-refractivity contribution >= 4 is 44.1 Å². The summed E-state index contributed by atoms with van der Waals surface area (Å²) < 4.78 is 11.2. The Hall–Kier alpha value is -3.32. The molecule has 2 aromatic heterocycles. The third kappa shape index (κ3) is 4.56. The summed E-state index contributed by atoms with van der Waals surface area (Å²) >= 11 is 1.30. The highest BCUT2D eigenvalue weighted by molar-refractivity contribution is 7.21. The normalized spacial score (nSPS) is 11.0. The molecule has 1 amide bonds. The lowest BCUT2D eigenvalue weighted by molar-refractivity contribution is 0.0956. The van der Waals surface area contributed by atoms with E-state index in [9.17, 15) is 4.79 Å². The number of ether oxygens (including phenoxy) is 2. The summed E-state index contributed by atoms with van der Waals surface area (Å²) in [5.41, 5.74) is 8.58. The van der Waals surface area contributed by atoms with Crippen molar-refractivity contribution in [3.8, 4) is 11.5 Å². The van der Waals surface area contributed by atoms with Crippen LogP contribution in [0.2, 0.25) is 0 Å². The predicted molar refractivity (Wildman–Crippen MR) is 126 cm³/mol. The Balaban J connectivity index is 1.52. The Labute approximate surface area is 185 Å². The number of pyridine rings is 1. The van der Waals surface area contributed by atoms with E-state index in [1.54, 1.807) is 0 Å². The molecule has 0 bridgehead atoms. The second-order valence-electron chi connectivity index (χ2n) is 7.15. The fraction of sp³-hybridized carbons (Fsp3) is 0.250. The molecule has 2 heterocycles. The number of nitrogens with zero attached hydrogens (tertiary/aromatic N) is 1. The molecule has 2 aromatic carbocycles. The van der Waals surface area contributed by atoms with Gasteiger partial charge in [0.15, 0.2) is 0 Å². The largest absolute Gasteiger partial charge is 0.494 e. The number of nitrogens with one attached hydrogen (secondary N) is 1. The Morgan fingerprint density at radius 1 is 1.06 bits per heavy atom. The zero-order valence-corrected chi connectivity index (χ0v) is 18.4. The van der Waals surface area contributed by atoms with Gasteiger partial charge in [-0.25, -0.2) is 4.98 Å². The smallest absolute Gasteiger partial charge is 0.263 e. The van der Waals surface area contributed by atoms with Crippen LogP contribution in [0.1, 0.15) is 35.5 Å². The van der Waals surface area contributed by atoms with Crippen molar-refractivity contribution in [3.63, 3.8) is 0 Å². The number of carbonyl (C=O) groups excluding carboxylic acids is 1. The molecule has 0 aliphatic carbocycles. The van der Waals surface area contributed by atoms with Crippen LogP contribution in [0.5, 0.6) is 11.5 Å². The standard InChI is InChI=1S/C24H25N3O3S/c1-3-11-30-17-8-5-15(6-9-17)14-26-23(28)22-21(25)19-12-16-7-10-18(29-4-2)13-20(16)27-24(19)31-22/h5-10,12-13H,3-4,11,14,25H2,1-2H3,(H,26,28). The third-order valence-corrected chi connectivity index (χ3v) is 5.97. The molecule has 0 atom stereocenters. The van der Waals surface area contributed by atoms with Crippen molar-refractivity contribution in [2.24, 2.45) is 0 Å². The van der Waals surface area contributed by atoms with Crippen molar-refractivity contribution in [1.82, 2.24) is 10.3 Å². The number of benzene rings is 2. The molecule has 7 heteroatoms. The minimum absolute atomic E-state index is 0.203. The average molecular weight is 436 g/mol. The van der Waals surface area contributed by atoms with Crippen LogP contribution in [0.15, 0.2) is 48.5 Å². The average Bonchev–Trinajstić information content (AvgIpc) is 3.11. The van der Waals surface area contributed by atoms with Crippen LogP contribution in [0, 0.1) is 0 Å². The predicted octanol–water partition coefficient (Wildman–Crippen LogP) is 5.15. The van der Waals surface area contributed by atoms with Gasteiger partial charge in [0.25, 0.3) is 5.91 Å². The topological polar surface area (TPSA) is 86.5 Å². The number of aromatic nitrogens is 1. The maximum Gasteiger partial charge on any atom is 0.263 e. The summed E-state index contributed by atoms with van der Waals surface area (Å²) in [6, 6.07) is 15.5. The molecule has 0 unspecified atom stereocenters. The number of fused-ring (bicyclic) bond motifs is 2. The molecule has 4 aromatic rings. The van der Waals surface area contributed by atoms with E-state index < -0.39 is 0 Å². The van der Waals surface area contributed by atoms with Crippen molar-refractivity contribution in [2.75, 3.05) is 18.9 Å². The molecule has 0 saturated heterocycles. The minimum Gasteiger partial charge on any atom is -0.494 e. The van der Waals surface area contributed by atoms with Crippen molar-refractivity contribution in [2.45, 2.75) is 26.8 Å². The highest BCUT2D eigenvalue weighted by Crippen LogP contribution is 2.35. The Kier molecular flexibility index (Phi) is 6.23. The number of hydrogen-bond donors (Lipinski definition) is 2. The lowest BCUT2D eigenvalue weighted by atomic mass is 10.1. The van der Waals surface area contributed by atoms with Gasteiger partial charge in [0.2, 0.25) is 0 Å². The lowest BCUT2D eigenvalue weighted by Crippen LogP contribution is -2.22. The summed E-state index contributed by atoms with van der Waals surface area (Å²) in [6.07, 6.45) is 0.965. The van der Waals surface area contributed by atoms with Gasteiger partial charge in [0, 0.05) is 23.4 Å². The molecule has 0 aliphatic heterocycles. The second kappa shape index (κ2) is 9.22. The molecule has 160 valence electrons. The van der Waals surface area contributed by atoms with Gasteiger partial charge < -0.3 is 20.5 Å². The molecule has 0 spiro atoms. The number of rotatable bonds is 8. The maximum atomic E-state index is 12.8. The van der Waals surface area contributed by atoms with E-state index in [4.69, 9.17) is 20.2 Å². The summed E-state index contributed by atoms with van der Waals surface area (Å²) in [5, 5.41) is 4.70. The summed E-state index contributed by atoms with van der Waals surface area (Å²) in [5.74, 6) is 1.40. The fourth-order valence-corrected chi connectivity index (χ4v) is 4.29. The zero-order chi connectivity index (χ0) is 21.8. The quantitative estimate of drug-likeness (QED) is 0.400. The van der Waals surface area contributed by atoms with Gasteiger partial charge in [0.05, 0.1) is 24.4 Å². The van der Waals surface area contributed by atoms with Crippen LogP contribution >= 0.6 is 11.3 Å². The van der Waals surface area contributed by atoms with Crippen LogP contribution < -0.4 is 20.5 Å². The molecule has 0 saturated carbocycles. The summed E-state index contributed by atoms with van der Waals surface area (Å²) in [4.78, 5) is 18.7. The molecule has 0 aliphatic rings. The molecule has 3 N–H and O–H groups in total. The van der Waals surface area contributed by atoms with E-state index in [-0.39, 0.29) is 5.91 Å². The van der Waals surface area contributed by atoms with Crippen molar-refractivity contribution < 1.29 is 14.3 Å². The van der Waals surface area contributed by atoms with Crippen LogP contribution in [-0.2, 0) is 6.54 Å². The fourth-order valence-electron chi connectivity index (χ4n) is 3.29. The Bertz CT molecular complexity index is 1220. The van der Waals surface area contributed by atoms with E-state index in [2.05, 4.69) is 12.2 Å². The molecule has 0 radical (unpaired) electrons. The SMILES string of the molecule is CCCOc1ccc(CNC(=O)c2sc3nc4cc(OCC)ccc4cc3c2N)cc1. The second-order valence-corrected chi connectivity index (χ2v) is 8.15. The lowest BCUT2D eigenvalue weighted by Gasteiger charge is -2.07. The van der Waals surface area contributed by atoms with Gasteiger partial charge >= 0.3 is 0 Å². The Morgan fingerprint density at radius 3 is 2.58 bits per heavy atom. The summed E-state index contributed by atoms with van der Waals surface area (Å²) in [6.45, 7) is 5.71. The first-order valence-electron chi connectivity index (χ1n) is 10.3. The zero-order valence-electron chi connectivity index (χ0n) is 17.6. The number of nitrogen functional groups attached to an aromatic ring is 1. The first-order chi connectivity index (χ1) is 15.1. The summed E-state index contributed by atoms with van der Waals surface area (Å²) in [7, 11) is 0. The number of carbonyl (C=O) groups is 1. The first-order valence-corrected chi connectivity index (χ1v) is 11.2. The maximum absolute atomic E-state index is 12.8. The van der Waals surface area contributed by atoms with Crippen LogP contribution in [0.3, 0.4) is 0 Å². The molecular formula is C24H25N3O3S. The number of hydrogen-bond acceptors (Lipinski definition) is 6. The van der Waals surface area contributed by atoms with Gasteiger partial charge in [-0.15, -0.1) is 11.3 Å². The van der Waals surface area contributed by atoms with Crippen LogP contribution in [-0.4, -0.2) is 24.1 Å². The van der Waals surface area contributed by atoms with Gasteiger partial charge in [-0.1, -0.05) is 19.1 Å². The van der Waals surface area contributed by atoms with E-state index >= 15 is 0 Å². The van der Waals surface area contributed by atoms with E-state index in [1.165, 1.54) is 11.3 Å². The molecule has 6 nitrogen and oxygen atoms in total. The molecular weight excluding hydrogens is 410 g/mol.